The van der Waals surface area contributed by atoms with Gasteiger partial charge in [0, 0.05) is 47.3 Å². The number of aromatic hydroxyl groups is 1. The Balaban J connectivity index is 0.967. The van der Waals surface area contributed by atoms with Crippen molar-refractivity contribution in [2.45, 2.75) is 50.2 Å². The summed E-state index contributed by atoms with van der Waals surface area (Å²) in [6.45, 7) is -0.159. The number of hydrogen-bond acceptors (Lipinski definition) is 15. The van der Waals surface area contributed by atoms with Crippen molar-refractivity contribution in [3.05, 3.63) is 86.3 Å². The Bertz CT molecular complexity index is 2710. The molecule has 4 atom stereocenters. The fraction of sp³-hybridized carbons (Fsp3) is 0.297. The average molecular weight is 836 g/mol. The molecule has 310 valence electrons. The van der Waals surface area contributed by atoms with Gasteiger partial charge in [0.1, 0.15) is 35.4 Å². The number of phenolic OH excluding ortho intramolecular Hbond substituents is 1. The van der Waals surface area contributed by atoms with Crippen molar-refractivity contribution in [3.8, 4) is 28.2 Å². The maximum atomic E-state index is 13.1. The number of fused-ring (bicyclic) bond motifs is 3. The Morgan fingerprint density at radius 2 is 1.69 bits per heavy atom. The van der Waals surface area contributed by atoms with Crippen LogP contribution >= 0.6 is 7.82 Å². The van der Waals surface area contributed by atoms with Gasteiger partial charge in [0.25, 0.3) is 11.5 Å². The fourth-order valence-corrected chi connectivity index (χ4v) is 7.30. The van der Waals surface area contributed by atoms with Gasteiger partial charge in [-0.1, -0.05) is 18.9 Å². The highest BCUT2D eigenvalue weighted by Gasteiger charge is 2.46. The average Bonchev–Trinajstić information content (AvgIpc) is 3.68. The van der Waals surface area contributed by atoms with E-state index >= 15 is 0 Å². The van der Waals surface area contributed by atoms with E-state index in [-0.39, 0.29) is 68.8 Å². The quantitative estimate of drug-likeness (QED) is 0.0402. The molecule has 21 nitrogen and oxygen atoms in total. The Morgan fingerprint density at radius 1 is 0.949 bits per heavy atom. The van der Waals surface area contributed by atoms with Gasteiger partial charge in [-0.2, -0.15) is 4.98 Å². The number of aromatic nitrogens is 4. The number of phosphoric acid groups is 1. The molecule has 2 aliphatic heterocycles. The minimum absolute atomic E-state index is 0.0370. The zero-order chi connectivity index (χ0) is 42.2. The molecule has 2 aromatic carbocycles. The van der Waals surface area contributed by atoms with Crippen molar-refractivity contribution in [3.63, 3.8) is 0 Å². The van der Waals surface area contributed by atoms with Crippen molar-refractivity contribution >= 4 is 53.7 Å². The number of imidazole rings is 1. The van der Waals surface area contributed by atoms with Crippen molar-refractivity contribution in [2.75, 3.05) is 30.7 Å². The van der Waals surface area contributed by atoms with Gasteiger partial charge in [0.2, 0.25) is 11.9 Å². The number of nitrogens with zero attached hydrogens (tertiary/aromatic N) is 3. The molecule has 11 N–H and O–H groups in total. The lowest BCUT2D eigenvalue weighted by Crippen LogP contribution is -2.33. The maximum absolute atomic E-state index is 13.1. The SMILES string of the molecule is Nc1nc2c(nc(NCCCCCCNC(=O)c3ccc(-c4c5ccc(=O)cc-5oc5cc(O)ccc45)c(C(=O)O)c3)n2[C@@H]2O[C@H](COP(=O)(O)O)[C@@H](O)[C@H]2O)c(=O)[nH]1. The molecule has 22 heteroatoms. The molecule has 0 saturated carbocycles. The molecule has 1 amide bonds. The van der Waals surface area contributed by atoms with Crippen molar-refractivity contribution in [1.82, 2.24) is 24.8 Å². The molecule has 0 spiro atoms. The number of hydrogen-bond donors (Lipinski definition) is 10. The second-order valence-corrected chi connectivity index (χ2v) is 15.0. The lowest BCUT2D eigenvalue weighted by Gasteiger charge is -2.20. The number of nitrogens with one attached hydrogen (secondary N) is 3. The molecule has 1 fully saturated rings. The summed E-state index contributed by atoms with van der Waals surface area (Å²) in [5, 5.41) is 48.0. The second kappa shape index (κ2) is 16.6. The number of anilines is 2. The third-order valence-electron chi connectivity index (χ3n) is 9.70. The van der Waals surface area contributed by atoms with Gasteiger partial charge >= 0.3 is 13.8 Å². The number of rotatable bonds is 15. The van der Waals surface area contributed by atoms with Gasteiger partial charge in [-0.15, -0.1) is 0 Å². The van der Waals surface area contributed by atoms with Gasteiger partial charge in [0.05, 0.1) is 12.2 Å². The Hall–Kier alpha value is -6.19. The molecule has 4 heterocycles. The number of aromatic carboxylic acids is 1. The van der Waals surface area contributed by atoms with E-state index in [0.29, 0.717) is 48.7 Å². The summed E-state index contributed by atoms with van der Waals surface area (Å²) < 4.78 is 28.4. The molecule has 3 aliphatic rings. The summed E-state index contributed by atoms with van der Waals surface area (Å²) in [6, 6.07) is 12.8. The smallest absolute Gasteiger partial charge is 0.469 e. The lowest BCUT2D eigenvalue weighted by atomic mass is 9.90. The number of H-pyrrole nitrogens is 1. The number of phenols is 1. The van der Waals surface area contributed by atoms with E-state index in [0.717, 1.165) is 0 Å². The van der Waals surface area contributed by atoms with Crippen LogP contribution in [0.25, 0.3) is 44.6 Å². The van der Waals surface area contributed by atoms with Crippen LogP contribution < -0.4 is 27.4 Å². The molecule has 7 rings (SSSR count). The number of aliphatic hydroxyl groups excluding tert-OH is 2. The zero-order valence-corrected chi connectivity index (χ0v) is 31.7. The predicted octanol–water partition coefficient (Wildman–Crippen LogP) is 2.11. The number of nitrogens with two attached hydrogens (primary N) is 1. The highest BCUT2D eigenvalue weighted by atomic mass is 31.2. The van der Waals surface area contributed by atoms with Crippen LogP contribution in [0, 0.1) is 0 Å². The number of aliphatic hydroxyl groups is 2. The maximum Gasteiger partial charge on any atom is 0.469 e. The third-order valence-corrected chi connectivity index (χ3v) is 10.2. The summed E-state index contributed by atoms with van der Waals surface area (Å²) in [5.41, 5.74) is 5.91. The number of phosphoric ester groups is 1. The van der Waals surface area contributed by atoms with Gasteiger partial charge in [-0.3, -0.25) is 28.5 Å². The number of ether oxygens (including phenoxy) is 1. The van der Waals surface area contributed by atoms with Crippen molar-refractivity contribution < 1.29 is 58.0 Å². The predicted molar refractivity (Wildman–Crippen MR) is 209 cm³/mol. The van der Waals surface area contributed by atoms with E-state index in [1.54, 1.807) is 6.07 Å². The molecule has 2 aromatic heterocycles. The normalized spacial score (nSPS) is 18.2. The molecular weight excluding hydrogens is 797 g/mol. The van der Waals surface area contributed by atoms with E-state index in [2.05, 4.69) is 30.1 Å². The number of nitrogen functional groups attached to an aromatic ring is 1. The zero-order valence-electron chi connectivity index (χ0n) is 30.8. The molecule has 0 radical (unpaired) electrons. The summed E-state index contributed by atoms with van der Waals surface area (Å²) >= 11 is 0. The van der Waals surface area contributed by atoms with Crippen LogP contribution in [0.4, 0.5) is 11.9 Å². The highest BCUT2D eigenvalue weighted by Crippen LogP contribution is 2.43. The Labute approximate surface area is 331 Å². The lowest BCUT2D eigenvalue weighted by molar-refractivity contribution is -0.0494. The number of benzene rings is 3. The van der Waals surface area contributed by atoms with Crippen LogP contribution in [-0.4, -0.2) is 99.6 Å². The monoisotopic (exact) mass is 835 g/mol. The first-order chi connectivity index (χ1) is 28.1. The number of unbranched alkanes of at least 4 members (excludes halogenated alkanes) is 3. The minimum atomic E-state index is -4.92. The first kappa shape index (κ1) is 41.0. The van der Waals surface area contributed by atoms with Crippen LogP contribution in [0.15, 0.2) is 68.6 Å². The fourth-order valence-electron chi connectivity index (χ4n) is 6.95. The van der Waals surface area contributed by atoms with Crippen LogP contribution in [0.5, 0.6) is 5.75 Å². The first-order valence-corrected chi connectivity index (χ1v) is 19.7. The number of aromatic amines is 1. The largest absolute Gasteiger partial charge is 0.508 e. The summed E-state index contributed by atoms with van der Waals surface area (Å²) in [7, 11) is -4.92. The molecule has 0 unspecified atom stereocenters. The number of carboxylic acids is 1. The van der Waals surface area contributed by atoms with Gasteiger partial charge in [-0.05, 0) is 54.8 Å². The molecule has 0 bridgehead atoms. The van der Waals surface area contributed by atoms with Crippen LogP contribution in [0.3, 0.4) is 0 Å². The van der Waals surface area contributed by atoms with Gasteiger partial charge in [0.15, 0.2) is 22.8 Å². The molecule has 59 heavy (non-hydrogen) atoms. The Kier molecular flexibility index (Phi) is 11.5. The number of amides is 1. The highest BCUT2D eigenvalue weighted by molar-refractivity contribution is 7.46. The summed E-state index contributed by atoms with van der Waals surface area (Å²) in [6.07, 6.45) is -3.53. The van der Waals surface area contributed by atoms with Crippen LogP contribution in [-0.2, 0) is 13.8 Å². The van der Waals surface area contributed by atoms with E-state index in [9.17, 15) is 44.2 Å². The standard InChI is InChI=1S/C37H38N7O14P/c38-36-42-31-28(33(50)43-36)41-37(44(31)34-30(48)29(47)26(58-34)16-56-59(53,54)55)40-12-4-2-1-3-11-39-32(49)17-5-8-20(23(13-17)35(51)52)27-21-9-6-18(45)14-24(21)57-25-15-19(46)7-10-22(25)27/h5-10,13-15,26,29-30,34,45,47-48H,1-4,11-12,16H2,(H,39,49)(H,40,41)(H,51,52)(H2,53,54,55)(H3,38,42,43,50)/t26-,29-,30-,34-/m1/s1. The third kappa shape index (κ3) is 8.66. The van der Waals surface area contributed by atoms with E-state index < -0.39 is 56.4 Å². The minimum Gasteiger partial charge on any atom is -0.508 e. The number of carboxylic acid groups (broad SMARTS) is 1. The number of carbonyl (C=O) groups excluding carboxylic acids is 1. The van der Waals surface area contributed by atoms with Crippen molar-refractivity contribution in [2.24, 2.45) is 0 Å². The topological polar surface area (TPSA) is 335 Å². The van der Waals surface area contributed by atoms with Gasteiger partial charge < -0.3 is 55.7 Å². The van der Waals surface area contributed by atoms with E-state index in [4.69, 9.17) is 24.7 Å². The molecular formula is C37H38N7O14P. The van der Waals surface area contributed by atoms with E-state index in [1.807, 2.05) is 0 Å². The van der Waals surface area contributed by atoms with Crippen LogP contribution in [0.1, 0.15) is 52.6 Å². The Morgan fingerprint density at radius 3 is 2.44 bits per heavy atom. The summed E-state index contributed by atoms with van der Waals surface area (Å²) in [5.74, 6) is -1.88. The molecule has 1 aliphatic carbocycles. The molecule has 4 aromatic rings. The molecule has 1 saturated heterocycles. The van der Waals surface area contributed by atoms with Gasteiger partial charge in [-0.25, -0.2) is 14.3 Å². The number of carbonyl (C=O) groups is 2. The van der Waals surface area contributed by atoms with E-state index in [1.165, 1.54) is 53.1 Å². The first-order valence-electron chi connectivity index (χ1n) is 18.2. The van der Waals surface area contributed by atoms with Crippen molar-refractivity contribution in [1.29, 1.82) is 0 Å². The van der Waals surface area contributed by atoms with Crippen LogP contribution in [0.2, 0.25) is 0 Å². The second-order valence-electron chi connectivity index (χ2n) is 13.7. The summed E-state index contributed by atoms with van der Waals surface area (Å²) in [4.78, 5) is 79.3.